The normalized spacial score (nSPS) is 16.1. The Morgan fingerprint density at radius 3 is 2.17 bits per heavy atom. The zero-order chi connectivity index (χ0) is 29.3. The fraction of sp³-hybridized carbons (Fsp3) is 0.345. The molecular formula is C29H31ClF3N3O3S. The molecule has 0 aromatic heterocycles. The van der Waals surface area contributed by atoms with Gasteiger partial charge < -0.3 is 10.2 Å². The number of rotatable bonds is 8. The van der Waals surface area contributed by atoms with Gasteiger partial charge in [0.2, 0.25) is 10.0 Å². The van der Waals surface area contributed by atoms with Crippen molar-refractivity contribution in [3.63, 3.8) is 0 Å². The van der Waals surface area contributed by atoms with Crippen LogP contribution < -0.4 is 10.0 Å². The number of anilines is 1. The summed E-state index contributed by atoms with van der Waals surface area (Å²) < 4.78 is 66.1. The van der Waals surface area contributed by atoms with Gasteiger partial charge in [0.1, 0.15) is 0 Å². The van der Waals surface area contributed by atoms with Crippen LogP contribution in [0, 0.1) is 0 Å². The number of hydrogen-bond acceptors (Lipinski definition) is 4. The van der Waals surface area contributed by atoms with Gasteiger partial charge in [-0.25, -0.2) is 8.42 Å². The highest BCUT2D eigenvalue weighted by Crippen LogP contribution is 2.44. The third kappa shape index (κ3) is 6.45. The number of nitrogens with one attached hydrogen (secondary N) is 2. The van der Waals surface area contributed by atoms with E-state index in [9.17, 15) is 26.4 Å². The molecule has 1 aliphatic carbocycles. The number of nitrogens with zero attached hydrogens (tertiary/aromatic N) is 1. The van der Waals surface area contributed by atoms with Crippen LogP contribution in [0.2, 0.25) is 5.02 Å². The molecule has 11 heteroatoms. The summed E-state index contributed by atoms with van der Waals surface area (Å²) in [7, 11) is 0.448. The van der Waals surface area contributed by atoms with Gasteiger partial charge in [-0.3, -0.25) is 9.52 Å². The predicted molar refractivity (Wildman–Crippen MR) is 152 cm³/mol. The molecule has 0 spiro atoms. The van der Waals surface area contributed by atoms with Crippen molar-refractivity contribution in [3.8, 4) is 11.1 Å². The van der Waals surface area contributed by atoms with Crippen molar-refractivity contribution in [1.29, 1.82) is 0 Å². The quantitative estimate of drug-likeness (QED) is 0.303. The molecule has 0 heterocycles. The molecule has 0 aliphatic heterocycles. The van der Waals surface area contributed by atoms with Gasteiger partial charge in [-0.1, -0.05) is 66.9 Å². The summed E-state index contributed by atoms with van der Waals surface area (Å²) in [5.41, 5.74) is 1.10. The molecule has 2 N–H and O–H groups in total. The van der Waals surface area contributed by atoms with Gasteiger partial charge in [0, 0.05) is 11.2 Å². The van der Waals surface area contributed by atoms with Crippen LogP contribution in [0.15, 0.2) is 66.7 Å². The Morgan fingerprint density at radius 1 is 0.975 bits per heavy atom. The van der Waals surface area contributed by atoms with Crippen molar-refractivity contribution < 1.29 is 26.4 Å². The maximum atomic E-state index is 13.5. The molecular weight excluding hydrogens is 563 g/mol. The summed E-state index contributed by atoms with van der Waals surface area (Å²) in [6, 6.07) is 17.3. The zero-order valence-corrected chi connectivity index (χ0v) is 23.9. The van der Waals surface area contributed by atoms with E-state index in [0.717, 1.165) is 54.7 Å². The maximum Gasteiger partial charge on any atom is 0.417 e. The summed E-state index contributed by atoms with van der Waals surface area (Å²) in [5.74, 6) is -0.683. The van der Waals surface area contributed by atoms with Crippen molar-refractivity contribution in [2.24, 2.45) is 0 Å². The molecule has 1 fully saturated rings. The summed E-state index contributed by atoms with van der Waals surface area (Å²) in [4.78, 5) is 15.5. The monoisotopic (exact) mass is 593 g/mol. The lowest BCUT2D eigenvalue weighted by Crippen LogP contribution is -2.53. The Kier molecular flexibility index (Phi) is 8.54. The number of hydrogen-bond donors (Lipinski definition) is 2. The van der Waals surface area contributed by atoms with E-state index >= 15 is 0 Å². The third-order valence-corrected chi connectivity index (χ3v) is 8.48. The Hall–Kier alpha value is -3.08. The molecule has 4 rings (SSSR count). The molecule has 1 aliphatic rings. The Bertz CT molecular complexity index is 1490. The minimum absolute atomic E-state index is 0.236. The van der Waals surface area contributed by atoms with Crippen molar-refractivity contribution >= 4 is 33.2 Å². The number of benzene rings is 3. The van der Waals surface area contributed by atoms with Gasteiger partial charge in [0.05, 0.1) is 28.4 Å². The number of halogens is 4. The van der Waals surface area contributed by atoms with E-state index in [4.69, 9.17) is 11.6 Å². The molecule has 1 amide bonds. The van der Waals surface area contributed by atoms with Crippen molar-refractivity contribution in [2.75, 3.05) is 25.1 Å². The molecule has 3 aromatic carbocycles. The van der Waals surface area contributed by atoms with Crippen LogP contribution in [0.5, 0.6) is 0 Å². The highest BCUT2D eigenvalue weighted by atomic mass is 35.5. The lowest BCUT2D eigenvalue weighted by Gasteiger charge is -2.44. The van der Waals surface area contributed by atoms with Crippen molar-refractivity contribution in [1.82, 2.24) is 10.2 Å². The van der Waals surface area contributed by atoms with Gasteiger partial charge in [-0.05, 0) is 67.9 Å². The minimum Gasteiger partial charge on any atom is -0.343 e. The van der Waals surface area contributed by atoms with E-state index in [0.29, 0.717) is 5.69 Å². The van der Waals surface area contributed by atoms with Crippen molar-refractivity contribution in [2.45, 2.75) is 43.4 Å². The zero-order valence-electron chi connectivity index (χ0n) is 22.3. The minimum atomic E-state index is -4.69. The van der Waals surface area contributed by atoms with Gasteiger partial charge in [-0.2, -0.15) is 13.2 Å². The standard InChI is InChI=1S/C29H31ClF3N3O3S/c1-36(2)28(16-4-5-17-28)26(34-27(37)23-10-7-11-24(25(23)30)29(31,32)33)20-14-12-19(13-15-20)21-8-6-9-22(18-21)35-40(3,38)39/h6-15,18,26,35H,4-5,16-17H2,1-3H3,(H,34,37)/t26-/m1/s1. The highest BCUT2D eigenvalue weighted by Gasteiger charge is 2.45. The Morgan fingerprint density at radius 2 is 1.60 bits per heavy atom. The highest BCUT2D eigenvalue weighted by molar-refractivity contribution is 7.92. The second kappa shape index (κ2) is 11.4. The second-order valence-electron chi connectivity index (χ2n) is 10.4. The van der Waals surface area contributed by atoms with Crippen LogP contribution in [0.1, 0.15) is 53.2 Å². The largest absolute Gasteiger partial charge is 0.417 e. The van der Waals surface area contributed by atoms with Crippen LogP contribution in [-0.4, -0.2) is 45.1 Å². The molecule has 0 saturated heterocycles. The van der Waals surface area contributed by atoms with Gasteiger partial charge in [-0.15, -0.1) is 0 Å². The number of carbonyl (C=O) groups excluding carboxylic acids is 1. The van der Waals surface area contributed by atoms with Gasteiger partial charge in [0.25, 0.3) is 5.91 Å². The average Bonchev–Trinajstić information content (AvgIpc) is 3.37. The first-order valence-electron chi connectivity index (χ1n) is 12.7. The summed E-state index contributed by atoms with van der Waals surface area (Å²) >= 11 is 6.08. The Labute approximate surface area is 237 Å². The van der Waals surface area contributed by atoms with Gasteiger partial charge >= 0.3 is 6.18 Å². The van der Waals surface area contributed by atoms with E-state index < -0.39 is 44.3 Å². The maximum absolute atomic E-state index is 13.5. The van der Waals surface area contributed by atoms with E-state index in [-0.39, 0.29) is 5.56 Å². The molecule has 0 unspecified atom stereocenters. The Balaban J connectivity index is 1.71. The number of carbonyl (C=O) groups is 1. The van der Waals surface area contributed by atoms with E-state index in [1.807, 2.05) is 44.4 Å². The lowest BCUT2D eigenvalue weighted by atomic mass is 9.81. The molecule has 3 aromatic rings. The van der Waals surface area contributed by atoms with E-state index in [2.05, 4.69) is 14.9 Å². The first-order chi connectivity index (χ1) is 18.7. The molecule has 1 saturated carbocycles. The molecule has 0 bridgehead atoms. The number of sulfonamides is 1. The lowest BCUT2D eigenvalue weighted by molar-refractivity contribution is -0.137. The average molecular weight is 594 g/mol. The van der Waals surface area contributed by atoms with E-state index in [1.54, 1.807) is 18.2 Å². The first-order valence-corrected chi connectivity index (χ1v) is 15.0. The molecule has 1 atom stereocenters. The van der Waals surface area contributed by atoms with Crippen LogP contribution in [0.25, 0.3) is 11.1 Å². The third-order valence-electron chi connectivity index (χ3n) is 7.46. The summed E-state index contributed by atoms with van der Waals surface area (Å²) in [6.45, 7) is 0. The number of amides is 1. The topological polar surface area (TPSA) is 78.5 Å². The summed E-state index contributed by atoms with van der Waals surface area (Å²) in [5, 5.41) is 2.39. The van der Waals surface area contributed by atoms with Crippen LogP contribution in [-0.2, 0) is 16.2 Å². The van der Waals surface area contributed by atoms with Crippen LogP contribution in [0.4, 0.5) is 18.9 Å². The molecule has 214 valence electrons. The molecule has 6 nitrogen and oxygen atoms in total. The van der Waals surface area contributed by atoms with Gasteiger partial charge in [0.15, 0.2) is 0 Å². The molecule has 0 radical (unpaired) electrons. The van der Waals surface area contributed by atoms with E-state index in [1.165, 1.54) is 12.1 Å². The number of likely N-dealkylation sites (N-methyl/N-ethyl adjacent to an activating group) is 1. The molecule has 40 heavy (non-hydrogen) atoms. The SMILES string of the molecule is CN(C)C1([C@H](NC(=O)c2cccc(C(F)(F)F)c2Cl)c2ccc(-c3cccc(NS(C)(=O)=O)c3)cc2)CCCC1. The fourth-order valence-electron chi connectivity index (χ4n) is 5.49. The van der Waals surface area contributed by atoms with Crippen molar-refractivity contribution in [3.05, 3.63) is 88.4 Å². The second-order valence-corrected chi connectivity index (χ2v) is 12.5. The fourth-order valence-corrected chi connectivity index (χ4v) is 6.36. The summed E-state index contributed by atoms with van der Waals surface area (Å²) in [6.07, 6.45) is -0.114. The first kappa shape index (κ1) is 29.9. The van der Waals surface area contributed by atoms with Crippen LogP contribution >= 0.6 is 11.6 Å². The predicted octanol–water partition coefficient (Wildman–Crippen LogP) is 6.74. The smallest absolute Gasteiger partial charge is 0.343 e. The van der Waals surface area contributed by atoms with Crippen LogP contribution in [0.3, 0.4) is 0 Å². The number of alkyl halides is 3.